The maximum atomic E-state index is 13.7. The highest BCUT2D eigenvalue weighted by atomic mass is 19.1. The van der Waals surface area contributed by atoms with Crippen molar-refractivity contribution in [3.63, 3.8) is 0 Å². The molecule has 4 aromatic rings. The molecule has 230 valence electrons. The lowest BCUT2D eigenvalue weighted by Crippen LogP contribution is -2.42. The zero-order valence-corrected chi connectivity index (χ0v) is 23.9. The van der Waals surface area contributed by atoms with Crippen molar-refractivity contribution in [2.24, 2.45) is 0 Å². The van der Waals surface area contributed by atoms with Gasteiger partial charge in [0.05, 0.1) is 26.3 Å². The lowest BCUT2D eigenvalue weighted by atomic mass is 9.96. The maximum absolute atomic E-state index is 13.7. The summed E-state index contributed by atoms with van der Waals surface area (Å²) in [6, 6.07) is 13.0. The van der Waals surface area contributed by atoms with Gasteiger partial charge in [-0.3, -0.25) is 14.5 Å². The van der Waals surface area contributed by atoms with E-state index in [2.05, 4.69) is 32.4 Å². The zero-order valence-electron chi connectivity index (χ0n) is 23.9. The zero-order chi connectivity index (χ0) is 31.6. The molecule has 5 N–H and O–H groups in total. The standard InChI is InChI=1S/C24H27FN4O.C6H8O7/c1-18-21-14-20(25)8-9-22(21)27-23(18)16-29(12-5-11-28-13-10-26-17-28)15-19-6-3-4-7-24(19)30-2;7-3(8)1-6(13,5(11)12)2-4(9)10/h3-4,6-10,13-14,17,27H,5,11-12,15-16H2,1-2H3;13H,1-2H2,(H,7,8)(H,9,10)(H,11,12). The number of carbonyl (C=O) groups is 3. The second kappa shape index (κ2) is 14.9. The highest BCUT2D eigenvalue weighted by Crippen LogP contribution is 2.26. The molecule has 0 aliphatic rings. The van der Waals surface area contributed by atoms with Crippen molar-refractivity contribution < 1.29 is 43.9 Å². The van der Waals surface area contributed by atoms with E-state index in [0.717, 1.165) is 66.1 Å². The van der Waals surface area contributed by atoms with Crippen LogP contribution in [0.1, 0.15) is 36.1 Å². The van der Waals surface area contributed by atoms with Crippen LogP contribution in [0.15, 0.2) is 61.2 Å². The van der Waals surface area contributed by atoms with E-state index in [1.54, 1.807) is 19.4 Å². The third-order valence-corrected chi connectivity index (χ3v) is 6.83. The van der Waals surface area contributed by atoms with Crippen molar-refractivity contribution in [1.82, 2.24) is 19.4 Å². The molecule has 13 heteroatoms. The normalized spacial score (nSPS) is 11.3. The molecule has 0 saturated carbocycles. The number of aliphatic hydroxyl groups is 1. The van der Waals surface area contributed by atoms with Crippen LogP contribution < -0.4 is 4.74 Å². The van der Waals surface area contributed by atoms with Gasteiger partial charge in [-0.1, -0.05) is 18.2 Å². The van der Waals surface area contributed by atoms with Crippen molar-refractivity contribution in [2.45, 2.75) is 51.4 Å². The number of ether oxygens (including phenoxy) is 1. The van der Waals surface area contributed by atoms with Crippen molar-refractivity contribution in [1.29, 1.82) is 0 Å². The Hall–Kier alpha value is -4.75. The molecule has 2 aromatic heterocycles. The summed E-state index contributed by atoms with van der Waals surface area (Å²) < 4.78 is 21.4. The molecule has 0 unspecified atom stereocenters. The number of aromatic amines is 1. The summed E-state index contributed by atoms with van der Waals surface area (Å²) in [5.74, 6) is -4.33. The third kappa shape index (κ3) is 9.38. The number of carboxylic acids is 3. The number of benzene rings is 2. The van der Waals surface area contributed by atoms with E-state index in [1.807, 2.05) is 36.8 Å². The number of hydrogen-bond acceptors (Lipinski definition) is 7. The molecule has 12 nitrogen and oxygen atoms in total. The number of imidazole rings is 1. The summed E-state index contributed by atoms with van der Waals surface area (Å²) in [6.45, 7) is 5.42. The number of fused-ring (bicyclic) bond motifs is 1. The highest BCUT2D eigenvalue weighted by Gasteiger charge is 2.40. The Kier molecular flexibility index (Phi) is 11.4. The second-order valence-electron chi connectivity index (χ2n) is 10.1. The fourth-order valence-electron chi connectivity index (χ4n) is 4.63. The van der Waals surface area contributed by atoms with Gasteiger partial charge in [0, 0.05) is 60.7 Å². The topological polar surface area (TPSA) is 178 Å². The van der Waals surface area contributed by atoms with Gasteiger partial charge < -0.3 is 34.7 Å². The van der Waals surface area contributed by atoms with E-state index >= 15 is 0 Å². The van der Waals surface area contributed by atoms with Crippen LogP contribution in [-0.2, 0) is 34.0 Å². The van der Waals surface area contributed by atoms with E-state index in [1.165, 1.54) is 6.07 Å². The van der Waals surface area contributed by atoms with Crippen LogP contribution in [0.25, 0.3) is 10.9 Å². The Balaban J connectivity index is 0.000000331. The van der Waals surface area contributed by atoms with Gasteiger partial charge in [-0.15, -0.1) is 0 Å². The summed E-state index contributed by atoms with van der Waals surface area (Å²) in [6.07, 6.45) is 4.35. The number of aromatic nitrogens is 3. The number of aliphatic carboxylic acids is 3. The molecule has 0 amide bonds. The van der Waals surface area contributed by atoms with Crippen molar-refractivity contribution in [3.8, 4) is 5.75 Å². The van der Waals surface area contributed by atoms with E-state index in [0.29, 0.717) is 0 Å². The molecule has 43 heavy (non-hydrogen) atoms. The summed E-state index contributed by atoms with van der Waals surface area (Å²) in [7, 11) is 1.71. The number of para-hydroxylation sites is 1. The lowest BCUT2D eigenvalue weighted by molar-refractivity contribution is -0.170. The first kappa shape index (κ1) is 32.8. The number of carboxylic acid groups (broad SMARTS) is 3. The van der Waals surface area contributed by atoms with Crippen LogP contribution >= 0.6 is 0 Å². The molecule has 0 aliphatic carbocycles. The molecule has 0 spiro atoms. The van der Waals surface area contributed by atoms with Crippen molar-refractivity contribution in [2.75, 3.05) is 13.7 Å². The SMILES string of the molecule is COc1ccccc1CN(CCCn1ccnc1)Cc1[nH]c2ccc(F)cc2c1C.O=C(O)CC(O)(CC(=O)O)C(=O)O. The number of halogens is 1. The fourth-order valence-corrected chi connectivity index (χ4v) is 4.63. The Bertz CT molecular complexity index is 1520. The van der Waals surface area contributed by atoms with Gasteiger partial charge in [-0.2, -0.15) is 0 Å². The van der Waals surface area contributed by atoms with Crippen LogP contribution in [0.4, 0.5) is 4.39 Å². The number of rotatable bonds is 14. The van der Waals surface area contributed by atoms with Crippen molar-refractivity contribution in [3.05, 3.63) is 83.8 Å². The molecule has 0 atom stereocenters. The third-order valence-electron chi connectivity index (χ3n) is 6.83. The number of aryl methyl sites for hydroxylation is 2. The molecule has 4 rings (SSSR count). The van der Waals surface area contributed by atoms with Crippen LogP contribution in [0.5, 0.6) is 5.75 Å². The molecule has 0 saturated heterocycles. The summed E-state index contributed by atoms with van der Waals surface area (Å²) in [5, 5.41) is 34.8. The van der Waals surface area contributed by atoms with Gasteiger partial charge >= 0.3 is 17.9 Å². The first-order valence-electron chi connectivity index (χ1n) is 13.4. The molecule has 0 radical (unpaired) electrons. The Morgan fingerprint density at radius 3 is 2.37 bits per heavy atom. The lowest BCUT2D eigenvalue weighted by Gasteiger charge is -2.23. The minimum absolute atomic E-state index is 0.206. The monoisotopic (exact) mass is 598 g/mol. The molecular formula is C30H35FN4O8. The quantitative estimate of drug-likeness (QED) is 0.144. The van der Waals surface area contributed by atoms with Crippen LogP contribution in [0.3, 0.4) is 0 Å². The predicted octanol–water partition coefficient (Wildman–Crippen LogP) is 3.66. The number of nitrogens with zero attached hydrogens (tertiary/aromatic N) is 3. The Labute approximate surface area is 247 Å². The minimum Gasteiger partial charge on any atom is -0.496 e. The molecule has 0 bridgehead atoms. The van der Waals surface area contributed by atoms with Crippen LogP contribution in [0.2, 0.25) is 0 Å². The Morgan fingerprint density at radius 1 is 1.07 bits per heavy atom. The highest BCUT2D eigenvalue weighted by molar-refractivity contribution is 5.88. The number of nitrogens with one attached hydrogen (secondary N) is 1. The van der Waals surface area contributed by atoms with Gasteiger partial charge in [0.2, 0.25) is 0 Å². The number of methoxy groups -OCH3 is 1. The maximum Gasteiger partial charge on any atom is 0.336 e. The average molecular weight is 599 g/mol. The first-order valence-corrected chi connectivity index (χ1v) is 13.4. The summed E-state index contributed by atoms with van der Waals surface area (Å²) in [4.78, 5) is 40.5. The second-order valence-corrected chi connectivity index (χ2v) is 10.1. The first-order chi connectivity index (χ1) is 20.4. The van der Waals surface area contributed by atoms with Crippen molar-refractivity contribution >= 4 is 28.8 Å². The van der Waals surface area contributed by atoms with Crippen LogP contribution in [-0.4, -0.2) is 77.0 Å². The predicted molar refractivity (Wildman–Crippen MR) is 154 cm³/mol. The van der Waals surface area contributed by atoms with Gasteiger partial charge in [0.15, 0.2) is 5.60 Å². The van der Waals surface area contributed by atoms with E-state index < -0.39 is 36.4 Å². The summed E-state index contributed by atoms with van der Waals surface area (Å²) in [5.41, 5.74) is 1.61. The van der Waals surface area contributed by atoms with E-state index in [4.69, 9.17) is 25.2 Å². The molecule has 2 aromatic carbocycles. The largest absolute Gasteiger partial charge is 0.496 e. The molecule has 0 aliphatic heterocycles. The summed E-state index contributed by atoms with van der Waals surface area (Å²) >= 11 is 0. The van der Waals surface area contributed by atoms with Gasteiger partial charge in [-0.25, -0.2) is 14.2 Å². The number of H-pyrrole nitrogens is 1. The van der Waals surface area contributed by atoms with E-state index in [9.17, 15) is 18.8 Å². The van der Waals surface area contributed by atoms with Gasteiger partial charge in [0.25, 0.3) is 0 Å². The van der Waals surface area contributed by atoms with E-state index in [-0.39, 0.29) is 5.82 Å². The minimum atomic E-state index is -2.74. The van der Waals surface area contributed by atoms with Gasteiger partial charge in [0.1, 0.15) is 11.6 Å². The van der Waals surface area contributed by atoms with Gasteiger partial charge in [-0.05, 0) is 43.2 Å². The molecular weight excluding hydrogens is 563 g/mol. The average Bonchev–Trinajstić information content (AvgIpc) is 3.56. The Morgan fingerprint density at radius 2 is 1.77 bits per heavy atom. The molecule has 2 heterocycles. The van der Waals surface area contributed by atoms with Crippen LogP contribution in [0, 0.1) is 12.7 Å². The number of hydrogen-bond donors (Lipinski definition) is 5. The smallest absolute Gasteiger partial charge is 0.336 e. The fraction of sp³-hybridized carbons (Fsp3) is 0.333. The molecule has 0 fully saturated rings.